The van der Waals surface area contributed by atoms with Crippen LogP contribution in [0.3, 0.4) is 0 Å². The highest BCUT2D eigenvalue weighted by molar-refractivity contribution is 6.15. The van der Waals surface area contributed by atoms with Crippen LogP contribution < -0.4 is 9.47 Å². The van der Waals surface area contributed by atoms with Crippen LogP contribution in [-0.4, -0.2) is 25.0 Å². The van der Waals surface area contributed by atoms with Gasteiger partial charge in [-0.1, -0.05) is 6.07 Å². The molecule has 106 valence electrons. The number of fused-ring (bicyclic) bond motifs is 1. The summed E-state index contributed by atoms with van der Waals surface area (Å²) in [7, 11) is 3.16. The smallest absolute Gasteiger partial charge is 0.189 e. The Labute approximate surface area is 123 Å². The second-order valence-corrected chi connectivity index (χ2v) is 4.83. The van der Waals surface area contributed by atoms with Crippen LogP contribution in [0.25, 0.3) is 6.08 Å². The lowest BCUT2D eigenvalue weighted by Gasteiger charge is -2.08. The summed E-state index contributed by atoms with van der Waals surface area (Å²) in [6.07, 6.45) is 5.94. The number of hydrogen-bond donors (Lipinski definition) is 0. The van der Waals surface area contributed by atoms with Crippen LogP contribution in [-0.2, 0) is 6.42 Å². The van der Waals surface area contributed by atoms with Crippen LogP contribution in [0.15, 0.2) is 42.2 Å². The van der Waals surface area contributed by atoms with E-state index >= 15 is 0 Å². The van der Waals surface area contributed by atoms with Gasteiger partial charge in [0.25, 0.3) is 0 Å². The summed E-state index contributed by atoms with van der Waals surface area (Å²) in [4.78, 5) is 16.5. The number of ketones is 1. The van der Waals surface area contributed by atoms with Gasteiger partial charge in [-0.2, -0.15) is 0 Å². The minimum atomic E-state index is 0.0369. The fourth-order valence-electron chi connectivity index (χ4n) is 2.52. The van der Waals surface area contributed by atoms with Gasteiger partial charge in [0, 0.05) is 30.0 Å². The predicted octanol–water partition coefficient (Wildman–Crippen LogP) is 2.92. The molecule has 0 N–H and O–H groups in total. The Morgan fingerprint density at radius 3 is 2.62 bits per heavy atom. The normalized spacial score (nSPS) is 15.1. The summed E-state index contributed by atoms with van der Waals surface area (Å²) in [5, 5.41) is 0. The Morgan fingerprint density at radius 2 is 1.95 bits per heavy atom. The Hall–Kier alpha value is -2.62. The molecule has 0 fully saturated rings. The minimum absolute atomic E-state index is 0.0369. The fourth-order valence-corrected chi connectivity index (χ4v) is 2.52. The van der Waals surface area contributed by atoms with Gasteiger partial charge in [-0.25, -0.2) is 0 Å². The van der Waals surface area contributed by atoms with Gasteiger partial charge in [-0.3, -0.25) is 9.78 Å². The van der Waals surface area contributed by atoms with Crippen LogP contribution in [0.1, 0.15) is 21.5 Å². The average Bonchev–Trinajstić information content (AvgIpc) is 2.82. The molecule has 0 spiro atoms. The molecule has 0 unspecified atom stereocenters. The average molecular weight is 281 g/mol. The molecule has 0 amide bonds. The van der Waals surface area contributed by atoms with Gasteiger partial charge in [0.2, 0.25) is 0 Å². The number of hydrogen-bond acceptors (Lipinski definition) is 4. The van der Waals surface area contributed by atoms with Crippen molar-refractivity contribution in [1.29, 1.82) is 0 Å². The lowest BCUT2D eigenvalue weighted by atomic mass is 10.1. The number of carbonyl (C=O) groups excluding carboxylic acids is 1. The van der Waals surface area contributed by atoms with E-state index in [0.29, 0.717) is 23.5 Å². The maximum absolute atomic E-state index is 12.5. The molecule has 21 heavy (non-hydrogen) atoms. The number of nitrogens with zero attached hydrogens (tertiary/aromatic N) is 1. The summed E-state index contributed by atoms with van der Waals surface area (Å²) >= 11 is 0. The second kappa shape index (κ2) is 5.40. The number of allylic oxidation sites excluding steroid dienone is 1. The standard InChI is InChI=1S/C17H15NO3/c1-20-15-8-12-7-13(6-11-4-3-5-18-10-11)17(19)14(12)9-16(15)21-2/h3-6,8-10H,7H2,1-2H3/b13-6-. The van der Waals surface area contributed by atoms with Crippen LogP contribution in [0.4, 0.5) is 0 Å². The number of rotatable bonds is 3. The summed E-state index contributed by atoms with van der Waals surface area (Å²) in [5.41, 5.74) is 3.33. The molecule has 4 nitrogen and oxygen atoms in total. The van der Waals surface area contributed by atoms with Gasteiger partial charge in [0.1, 0.15) is 0 Å². The van der Waals surface area contributed by atoms with Gasteiger partial charge >= 0.3 is 0 Å². The number of pyridine rings is 1. The Balaban J connectivity index is 2.01. The molecule has 4 heteroatoms. The zero-order valence-electron chi connectivity index (χ0n) is 11.9. The van der Waals surface area contributed by atoms with Crippen molar-refractivity contribution in [3.8, 4) is 11.5 Å². The third kappa shape index (κ3) is 2.40. The van der Waals surface area contributed by atoms with E-state index in [1.54, 1.807) is 32.7 Å². The lowest BCUT2D eigenvalue weighted by Crippen LogP contribution is -1.97. The van der Waals surface area contributed by atoms with Crippen molar-refractivity contribution in [1.82, 2.24) is 4.98 Å². The molecule has 0 saturated heterocycles. The maximum atomic E-state index is 12.5. The molecule has 0 saturated carbocycles. The number of ether oxygens (including phenoxy) is 2. The van der Waals surface area contributed by atoms with Gasteiger partial charge in [-0.05, 0) is 35.4 Å². The highest BCUT2D eigenvalue weighted by Crippen LogP contribution is 2.36. The molecule has 3 rings (SSSR count). The van der Waals surface area contributed by atoms with E-state index in [2.05, 4.69) is 4.98 Å². The van der Waals surface area contributed by atoms with Crippen molar-refractivity contribution >= 4 is 11.9 Å². The molecular weight excluding hydrogens is 266 g/mol. The highest BCUT2D eigenvalue weighted by Gasteiger charge is 2.27. The fraction of sp³-hybridized carbons (Fsp3) is 0.176. The summed E-state index contributed by atoms with van der Waals surface area (Å²) in [6.45, 7) is 0. The molecule has 1 aliphatic rings. The maximum Gasteiger partial charge on any atom is 0.189 e. The topological polar surface area (TPSA) is 48.4 Å². The minimum Gasteiger partial charge on any atom is -0.493 e. The predicted molar refractivity (Wildman–Crippen MR) is 79.8 cm³/mol. The van der Waals surface area contributed by atoms with Crippen molar-refractivity contribution < 1.29 is 14.3 Å². The molecule has 1 aromatic heterocycles. The van der Waals surface area contributed by atoms with Crippen LogP contribution in [0.2, 0.25) is 0 Å². The Morgan fingerprint density at radius 1 is 1.19 bits per heavy atom. The Kier molecular flexibility index (Phi) is 3.44. The SMILES string of the molecule is COc1cc2c(cc1OC)C(=O)/C(=C\c1cccnc1)C2. The van der Waals surface area contributed by atoms with E-state index < -0.39 is 0 Å². The van der Waals surface area contributed by atoms with Gasteiger partial charge in [-0.15, -0.1) is 0 Å². The first-order chi connectivity index (χ1) is 10.2. The van der Waals surface area contributed by atoms with Crippen LogP contribution in [0.5, 0.6) is 11.5 Å². The van der Waals surface area contributed by atoms with E-state index in [1.807, 2.05) is 24.3 Å². The van der Waals surface area contributed by atoms with E-state index in [4.69, 9.17) is 9.47 Å². The van der Waals surface area contributed by atoms with Crippen molar-refractivity contribution in [2.24, 2.45) is 0 Å². The first-order valence-electron chi connectivity index (χ1n) is 6.63. The highest BCUT2D eigenvalue weighted by atomic mass is 16.5. The van der Waals surface area contributed by atoms with Crippen LogP contribution in [0, 0.1) is 0 Å². The molecule has 2 aromatic rings. The molecular formula is C17H15NO3. The molecule has 1 aromatic carbocycles. The van der Waals surface area contributed by atoms with Crippen LogP contribution >= 0.6 is 0 Å². The molecule has 1 heterocycles. The number of methoxy groups -OCH3 is 2. The van der Waals surface area contributed by atoms with Crippen molar-refractivity contribution in [3.63, 3.8) is 0 Å². The van der Waals surface area contributed by atoms with E-state index in [9.17, 15) is 4.79 Å². The summed E-state index contributed by atoms with van der Waals surface area (Å²) in [5.74, 6) is 1.26. The van der Waals surface area contributed by atoms with E-state index in [1.165, 1.54) is 0 Å². The van der Waals surface area contributed by atoms with E-state index in [-0.39, 0.29) is 5.78 Å². The van der Waals surface area contributed by atoms with Gasteiger partial charge < -0.3 is 9.47 Å². The summed E-state index contributed by atoms with van der Waals surface area (Å²) < 4.78 is 10.5. The zero-order chi connectivity index (χ0) is 14.8. The zero-order valence-corrected chi connectivity index (χ0v) is 11.9. The quantitative estimate of drug-likeness (QED) is 0.812. The molecule has 0 radical (unpaired) electrons. The van der Waals surface area contributed by atoms with Gasteiger partial charge in [0.05, 0.1) is 14.2 Å². The number of benzene rings is 1. The third-order valence-corrected chi connectivity index (χ3v) is 3.55. The van der Waals surface area contributed by atoms with Crippen molar-refractivity contribution in [2.75, 3.05) is 14.2 Å². The van der Waals surface area contributed by atoms with Crippen molar-refractivity contribution in [3.05, 3.63) is 58.9 Å². The number of Topliss-reactive ketones (excluding diaryl/α,β-unsaturated/α-hetero) is 1. The molecule has 0 bridgehead atoms. The molecule has 1 aliphatic carbocycles. The Bertz CT molecular complexity index is 720. The monoisotopic (exact) mass is 281 g/mol. The van der Waals surface area contributed by atoms with Crippen molar-refractivity contribution in [2.45, 2.75) is 6.42 Å². The molecule has 0 aliphatic heterocycles. The third-order valence-electron chi connectivity index (χ3n) is 3.55. The van der Waals surface area contributed by atoms with E-state index in [0.717, 1.165) is 16.7 Å². The number of aromatic nitrogens is 1. The largest absolute Gasteiger partial charge is 0.493 e. The first-order valence-corrected chi connectivity index (χ1v) is 6.63. The first kappa shape index (κ1) is 13.4. The summed E-state index contributed by atoms with van der Waals surface area (Å²) in [6, 6.07) is 7.40. The lowest BCUT2D eigenvalue weighted by molar-refractivity contribution is 0.104. The van der Waals surface area contributed by atoms with Gasteiger partial charge in [0.15, 0.2) is 17.3 Å². The molecule has 0 atom stereocenters. The number of carbonyl (C=O) groups is 1. The second-order valence-electron chi connectivity index (χ2n) is 4.83.